The quantitative estimate of drug-likeness (QED) is 0.722. The number of nitrogens with one attached hydrogen (secondary N) is 3. The number of hydrogen-bond donors (Lipinski definition) is 3. The smallest absolute Gasteiger partial charge is 0.321 e. The fourth-order valence-corrected chi connectivity index (χ4v) is 5.99. The number of imide groups is 1. The Morgan fingerprint density at radius 3 is 2.12 bits per heavy atom. The van der Waals surface area contributed by atoms with Crippen LogP contribution in [0.1, 0.15) is 45.4 Å². The molecular weight excluding hydrogens is 304 g/mol. The first kappa shape index (κ1) is 16.3. The van der Waals surface area contributed by atoms with E-state index in [-0.39, 0.29) is 23.5 Å². The molecule has 4 aliphatic carbocycles. The third-order valence-electron chi connectivity index (χ3n) is 6.73. The maximum absolute atomic E-state index is 12.5. The molecule has 6 heteroatoms. The van der Waals surface area contributed by atoms with E-state index in [1.807, 2.05) is 6.92 Å². The van der Waals surface area contributed by atoms with Crippen molar-refractivity contribution in [2.75, 3.05) is 26.2 Å². The zero-order chi connectivity index (χ0) is 16.7. The molecule has 1 atom stereocenters. The van der Waals surface area contributed by atoms with E-state index < -0.39 is 0 Å². The van der Waals surface area contributed by atoms with Crippen molar-refractivity contribution in [2.45, 2.75) is 57.0 Å². The van der Waals surface area contributed by atoms with Crippen LogP contribution in [0.5, 0.6) is 0 Å². The topological polar surface area (TPSA) is 73.5 Å². The Balaban J connectivity index is 1.32. The highest BCUT2D eigenvalue weighted by atomic mass is 16.2. The predicted molar refractivity (Wildman–Crippen MR) is 91.5 cm³/mol. The molecule has 0 radical (unpaired) electrons. The van der Waals surface area contributed by atoms with Crippen molar-refractivity contribution in [3.8, 4) is 0 Å². The minimum absolute atomic E-state index is 0.0443. The van der Waals surface area contributed by atoms with E-state index in [4.69, 9.17) is 0 Å². The number of rotatable bonds is 3. The molecule has 5 rings (SSSR count). The lowest BCUT2D eigenvalue weighted by molar-refractivity contribution is -0.125. The molecule has 1 aliphatic heterocycles. The zero-order valence-electron chi connectivity index (χ0n) is 14.6. The molecule has 0 aromatic heterocycles. The van der Waals surface area contributed by atoms with Crippen LogP contribution in [0.2, 0.25) is 0 Å². The van der Waals surface area contributed by atoms with E-state index in [0.717, 1.165) is 63.2 Å². The highest BCUT2D eigenvalue weighted by molar-refractivity contribution is 5.97. The molecule has 0 aromatic carbocycles. The number of amides is 3. The summed E-state index contributed by atoms with van der Waals surface area (Å²) in [5, 5.41) is 9.09. The van der Waals surface area contributed by atoms with Gasteiger partial charge in [0.15, 0.2) is 0 Å². The van der Waals surface area contributed by atoms with Gasteiger partial charge in [0.25, 0.3) is 0 Å². The molecular formula is C18H30N4O2. The third kappa shape index (κ3) is 3.18. The van der Waals surface area contributed by atoms with Crippen LogP contribution in [-0.4, -0.2) is 54.6 Å². The second-order valence-corrected chi connectivity index (χ2v) is 8.60. The minimum Gasteiger partial charge on any atom is -0.332 e. The molecule has 0 spiro atoms. The van der Waals surface area contributed by atoms with E-state index in [1.54, 1.807) is 0 Å². The van der Waals surface area contributed by atoms with Gasteiger partial charge in [0.2, 0.25) is 5.91 Å². The van der Waals surface area contributed by atoms with Gasteiger partial charge in [0.1, 0.15) is 0 Å². The summed E-state index contributed by atoms with van der Waals surface area (Å²) in [6.45, 7) is 5.39. The summed E-state index contributed by atoms with van der Waals surface area (Å²) in [6.07, 6.45) is 7.36. The molecule has 5 fully saturated rings. The van der Waals surface area contributed by atoms with Crippen LogP contribution in [0.3, 0.4) is 0 Å². The Labute approximate surface area is 144 Å². The van der Waals surface area contributed by atoms with Crippen LogP contribution in [0.15, 0.2) is 0 Å². The highest BCUT2D eigenvalue weighted by Gasteiger charge is 2.51. The SMILES string of the molecule is CC(C(=O)NC(=O)NC12CC3CC(CC(C3)C1)C2)N1CCNCC1. The average Bonchev–Trinajstić information content (AvgIpc) is 2.53. The van der Waals surface area contributed by atoms with Gasteiger partial charge in [-0.2, -0.15) is 0 Å². The molecule has 24 heavy (non-hydrogen) atoms. The maximum Gasteiger partial charge on any atom is 0.321 e. The molecule has 5 aliphatic rings. The van der Waals surface area contributed by atoms with Crippen molar-refractivity contribution in [2.24, 2.45) is 17.8 Å². The lowest BCUT2D eigenvalue weighted by Gasteiger charge is -2.56. The number of hydrogen-bond acceptors (Lipinski definition) is 4. The van der Waals surface area contributed by atoms with Crippen molar-refractivity contribution < 1.29 is 9.59 Å². The highest BCUT2D eigenvalue weighted by Crippen LogP contribution is 2.55. The molecule has 3 N–H and O–H groups in total. The van der Waals surface area contributed by atoms with Crippen LogP contribution in [0.4, 0.5) is 4.79 Å². The fraction of sp³-hybridized carbons (Fsp3) is 0.889. The molecule has 134 valence electrons. The predicted octanol–water partition coefficient (Wildman–Crippen LogP) is 1.07. The van der Waals surface area contributed by atoms with Gasteiger partial charge in [-0.25, -0.2) is 4.79 Å². The summed E-state index contributed by atoms with van der Waals surface area (Å²) >= 11 is 0. The van der Waals surface area contributed by atoms with Crippen molar-refractivity contribution >= 4 is 11.9 Å². The van der Waals surface area contributed by atoms with Gasteiger partial charge in [-0.3, -0.25) is 15.0 Å². The van der Waals surface area contributed by atoms with Crippen LogP contribution < -0.4 is 16.0 Å². The number of carbonyl (C=O) groups excluding carboxylic acids is 2. The summed E-state index contributed by atoms with van der Waals surface area (Å²) in [5.41, 5.74) is -0.0443. The largest absolute Gasteiger partial charge is 0.332 e. The lowest BCUT2D eigenvalue weighted by atomic mass is 9.53. The van der Waals surface area contributed by atoms with Crippen LogP contribution in [0, 0.1) is 17.8 Å². The first-order valence-corrected chi connectivity index (χ1v) is 9.61. The molecule has 1 heterocycles. The first-order valence-electron chi connectivity index (χ1n) is 9.61. The van der Waals surface area contributed by atoms with E-state index in [0.29, 0.717) is 0 Å². The number of piperazine rings is 1. The first-order chi connectivity index (χ1) is 11.5. The van der Waals surface area contributed by atoms with Crippen molar-refractivity contribution in [1.82, 2.24) is 20.9 Å². The molecule has 1 unspecified atom stereocenters. The second-order valence-electron chi connectivity index (χ2n) is 8.60. The van der Waals surface area contributed by atoms with E-state index >= 15 is 0 Å². The maximum atomic E-state index is 12.5. The summed E-state index contributed by atoms with van der Waals surface area (Å²) in [4.78, 5) is 27.0. The van der Waals surface area contributed by atoms with E-state index in [1.165, 1.54) is 19.3 Å². The van der Waals surface area contributed by atoms with E-state index in [9.17, 15) is 9.59 Å². The van der Waals surface area contributed by atoms with Crippen LogP contribution in [0.25, 0.3) is 0 Å². The van der Waals surface area contributed by atoms with Gasteiger partial charge >= 0.3 is 6.03 Å². The normalized spacial score (nSPS) is 39.5. The minimum atomic E-state index is -0.288. The monoisotopic (exact) mass is 334 g/mol. The molecule has 1 saturated heterocycles. The number of carbonyl (C=O) groups is 2. The van der Waals surface area contributed by atoms with Gasteiger partial charge in [-0.05, 0) is 63.2 Å². The molecule has 6 nitrogen and oxygen atoms in total. The zero-order valence-corrected chi connectivity index (χ0v) is 14.6. The fourth-order valence-electron chi connectivity index (χ4n) is 5.99. The Morgan fingerprint density at radius 1 is 1.04 bits per heavy atom. The number of urea groups is 1. The van der Waals surface area contributed by atoms with Gasteiger partial charge in [0.05, 0.1) is 6.04 Å². The number of nitrogens with zero attached hydrogens (tertiary/aromatic N) is 1. The Hall–Kier alpha value is -1.14. The van der Waals surface area contributed by atoms with Gasteiger partial charge < -0.3 is 10.6 Å². The Morgan fingerprint density at radius 2 is 1.58 bits per heavy atom. The lowest BCUT2D eigenvalue weighted by Crippen LogP contribution is -2.63. The standard InChI is InChI=1S/C18H30N4O2/c1-12(22-4-2-19-3-5-22)16(23)20-17(24)21-18-9-13-6-14(10-18)8-15(7-13)11-18/h12-15,19H,2-11H2,1H3,(H2,20,21,23,24). The van der Waals surface area contributed by atoms with E-state index in [2.05, 4.69) is 20.9 Å². The van der Waals surface area contributed by atoms with Gasteiger partial charge in [-0.1, -0.05) is 0 Å². The van der Waals surface area contributed by atoms with Gasteiger partial charge in [0, 0.05) is 31.7 Å². The molecule has 4 saturated carbocycles. The second kappa shape index (κ2) is 6.30. The molecule has 0 aromatic rings. The van der Waals surface area contributed by atoms with Crippen LogP contribution in [-0.2, 0) is 4.79 Å². The van der Waals surface area contributed by atoms with Crippen LogP contribution >= 0.6 is 0 Å². The molecule has 4 bridgehead atoms. The van der Waals surface area contributed by atoms with Gasteiger partial charge in [-0.15, -0.1) is 0 Å². The summed E-state index contributed by atoms with van der Waals surface area (Å²) in [5.74, 6) is 2.17. The molecule has 3 amide bonds. The summed E-state index contributed by atoms with van der Waals surface area (Å²) < 4.78 is 0. The Kier molecular flexibility index (Phi) is 4.29. The van der Waals surface area contributed by atoms with Crippen molar-refractivity contribution in [3.05, 3.63) is 0 Å². The third-order valence-corrected chi connectivity index (χ3v) is 6.73. The Bertz CT molecular complexity index is 480. The van der Waals surface area contributed by atoms with Crippen molar-refractivity contribution in [1.29, 1.82) is 0 Å². The summed E-state index contributed by atoms with van der Waals surface area (Å²) in [6, 6.07) is -0.543. The summed E-state index contributed by atoms with van der Waals surface area (Å²) in [7, 11) is 0. The average molecular weight is 334 g/mol. The van der Waals surface area contributed by atoms with Crippen molar-refractivity contribution in [3.63, 3.8) is 0 Å².